The van der Waals surface area contributed by atoms with Crippen molar-refractivity contribution in [2.75, 3.05) is 11.1 Å². The molecule has 0 atom stereocenters. The number of nitrogens with one attached hydrogen (secondary N) is 1. The highest BCUT2D eigenvalue weighted by Crippen LogP contribution is 2.22. The smallest absolute Gasteiger partial charge is 0.234 e. The number of carbonyl (C=O) groups is 1. The van der Waals surface area contributed by atoms with Crippen LogP contribution in [0.2, 0.25) is 0 Å². The summed E-state index contributed by atoms with van der Waals surface area (Å²) in [4.78, 5) is 12.2. The Balaban J connectivity index is 1.62. The molecule has 0 aliphatic carbocycles. The van der Waals surface area contributed by atoms with Gasteiger partial charge in [-0.15, -0.1) is 16.8 Å². The SMILES string of the molecule is C=CCn1c(COc2ccc(C)cc2C)nnc1SCC(=O)Nc1ccc(F)cc1. The van der Waals surface area contributed by atoms with Gasteiger partial charge in [0.25, 0.3) is 0 Å². The van der Waals surface area contributed by atoms with Crippen LogP contribution in [0.15, 0.2) is 60.3 Å². The molecule has 1 N–H and O–H groups in total. The number of halogens is 1. The molecule has 0 bridgehead atoms. The molecular weight excluding hydrogens is 403 g/mol. The van der Waals surface area contributed by atoms with Crippen molar-refractivity contribution in [3.8, 4) is 5.75 Å². The number of rotatable bonds is 9. The Bertz CT molecular complexity index is 1030. The highest BCUT2D eigenvalue weighted by atomic mass is 32.2. The molecule has 3 aromatic rings. The molecule has 0 spiro atoms. The number of ether oxygens (including phenoxy) is 1. The Kier molecular flexibility index (Phi) is 7.24. The van der Waals surface area contributed by atoms with Gasteiger partial charge in [-0.2, -0.15) is 0 Å². The molecule has 0 saturated carbocycles. The van der Waals surface area contributed by atoms with Crippen molar-refractivity contribution < 1.29 is 13.9 Å². The van der Waals surface area contributed by atoms with Crippen molar-refractivity contribution in [1.29, 1.82) is 0 Å². The first-order chi connectivity index (χ1) is 14.5. The number of hydrogen-bond donors (Lipinski definition) is 1. The van der Waals surface area contributed by atoms with Crippen molar-refractivity contribution in [3.63, 3.8) is 0 Å². The lowest BCUT2D eigenvalue weighted by atomic mass is 10.1. The van der Waals surface area contributed by atoms with Gasteiger partial charge >= 0.3 is 0 Å². The lowest BCUT2D eigenvalue weighted by Gasteiger charge is -2.11. The van der Waals surface area contributed by atoms with E-state index < -0.39 is 0 Å². The van der Waals surface area contributed by atoms with E-state index in [1.165, 1.54) is 41.6 Å². The van der Waals surface area contributed by atoms with E-state index in [4.69, 9.17) is 4.74 Å². The predicted octanol–water partition coefficient (Wildman–Crippen LogP) is 4.53. The van der Waals surface area contributed by atoms with E-state index in [9.17, 15) is 9.18 Å². The first-order valence-electron chi connectivity index (χ1n) is 9.37. The zero-order chi connectivity index (χ0) is 21.5. The molecular formula is C22H23FN4O2S. The molecule has 0 radical (unpaired) electrons. The molecule has 0 aliphatic rings. The number of carbonyl (C=O) groups excluding carboxylic acids is 1. The lowest BCUT2D eigenvalue weighted by molar-refractivity contribution is -0.113. The number of thioether (sulfide) groups is 1. The summed E-state index contributed by atoms with van der Waals surface area (Å²) in [7, 11) is 0. The maximum absolute atomic E-state index is 13.0. The van der Waals surface area contributed by atoms with E-state index in [-0.39, 0.29) is 24.1 Å². The number of allylic oxidation sites excluding steroid dienone is 1. The fourth-order valence-corrected chi connectivity index (χ4v) is 3.58. The van der Waals surface area contributed by atoms with Gasteiger partial charge in [-0.1, -0.05) is 35.5 Å². The average molecular weight is 427 g/mol. The van der Waals surface area contributed by atoms with Crippen molar-refractivity contribution in [2.24, 2.45) is 0 Å². The average Bonchev–Trinajstić information content (AvgIpc) is 3.09. The maximum atomic E-state index is 13.0. The molecule has 1 aromatic heterocycles. The van der Waals surface area contributed by atoms with Gasteiger partial charge in [-0.25, -0.2) is 4.39 Å². The third-order valence-electron chi connectivity index (χ3n) is 4.25. The minimum atomic E-state index is -0.351. The molecule has 30 heavy (non-hydrogen) atoms. The minimum absolute atomic E-state index is 0.143. The number of hydrogen-bond acceptors (Lipinski definition) is 5. The molecule has 8 heteroatoms. The summed E-state index contributed by atoms with van der Waals surface area (Å²) in [5.41, 5.74) is 2.77. The fraction of sp³-hybridized carbons (Fsp3) is 0.227. The second kappa shape index (κ2) is 10.1. The van der Waals surface area contributed by atoms with Gasteiger partial charge in [-0.3, -0.25) is 9.36 Å². The Hall–Kier alpha value is -3.13. The van der Waals surface area contributed by atoms with Gasteiger partial charge in [0.2, 0.25) is 5.91 Å². The van der Waals surface area contributed by atoms with Crippen LogP contribution in [0.3, 0.4) is 0 Å². The normalized spacial score (nSPS) is 10.6. The van der Waals surface area contributed by atoms with Crippen LogP contribution in [0, 0.1) is 19.7 Å². The fourth-order valence-electron chi connectivity index (χ4n) is 2.81. The molecule has 1 heterocycles. The highest BCUT2D eigenvalue weighted by Gasteiger charge is 2.14. The van der Waals surface area contributed by atoms with E-state index in [2.05, 4.69) is 28.2 Å². The largest absolute Gasteiger partial charge is 0.485 e. The van der Waals surface area contributed by atoms with Gasteiger partial charge in [0.15, 0.2) is 11.0 Å². The summed E-state index contributed by atoms with van der Waals surface area (Å²) in [6, 6.07) is 11.6. The minimum Gasteiger partial charge on any atom is -0.485 e. The molecule has 156 valence electrons. The van der Waals surface area contributed by atoms with Gasteiger partial charge in [-0.05, 0) is 49.7 Å². The first kappa shape index (κ1) is 21.6. The van der Waals surface area contributed by atoms with Crippen molar-refractivity contribution in [2.45, 2.75) is 32.2 Å². The molecule has 1 amide bonds. The predicted molar refractivity (Wildman–Crippen MR) is 116 cm³/mol. The number of aromatic nitrogens is 3. The third kappa shape index (κ3) is 5.70. The third-order valence-corrected chi connectivity index (χ3v) is 5.22. The Morgan fingerprint density at radius 3 is 2.70 bits per heavy atom. The van der Waals surface area contributed by atoms with Crippen LogP contribution in [-0.2, 0) is 17.9 Å². The second-order valence-corrected chi connectivity index (χ2v) is 7.64. The van der Waals surface area contributed by atoms with Crippen LogP contribution in [0.5, 0.6) is 5.75 Å². The van der Waals surface area contributed by atoms with Crippen LogP contribution in [0.25, 0.3) is 0 Å². The Morgan fingerprint density at radius 2 is 2.00 bits per heavy atom. The molecule has 3 rings (SSSR count). The Labute approximate surface area is 179 Å². The number of aryl methyl sites for hydroxylation is 2. The number of nitrogens with zero attached hydrogens (tertiary/aromatic N) is 3. The molecule has 6 nitrogen and oxygen atoms in total. The lowest BCUT2D eigenvalue weighted by Crippen LogP contribution is -2.15. The van der Waals surface area contributed by atoms with E-state index in [1.807, 2.05) is 30.5 Å². The summed E-state index contributed by atoms with van der Waals surface area (Å²) in [5, 5.41) is 11.7. The second-order valence-electron chi connectivity index (χ2n) is 6.70. The maximum Gasteiger partial charge on any atom is 0.234 e. The summed E-state index contributed by atoms with van der Waals surface area (Å²) < 4.78 is 20.8. The van der Waals surface area contributed by atoms with E-state index >= 15 is 0 Å². The van der Waals surface area contributed by atoms with Crippen LogP contribution in [-0.4, -0.2) is 26.4 Å². The van der Waals surface area contributed by atoms with Gasteiger partial charge < -0.3 is 10.1 Å². The zero-order valence-corrected chi connectivity index (χ0v) is 17.7. The van der Waals surface area contributed by atoms with Gasteiger partial charge in [0, 0.05) is 12.2 Å². The van der Waals surface area contributed by atoms with Crippen molar-refractivity contribution in [1.82, 2.24) is 14.8 Å². The van der Waals surface area contributed by atoms with E-state index in [1.54, 1.807) is 6.08 Å². The zero-order valence-electron chi connectivity index (χ0n) is 16.9. The van der Waals surface area contributed by atoms with Gasteiger partial charge in [0.1, 0.15) is 18.2 Å². The molecule has 0 unspecified atom stereocenters. The van der Waals surface area contributed by atoms with Crippen LogP contribution >= 0.6 is 11.8 Å². The van der Waals surface area contributed by atoms with Crippen LogP contribution in [0.4, 0.5) is 10.1 Å². The standard InChI is InChI=1S/C22H23FN4O2S/c1-4-11-27-20(13-29-19-10-5-15(2)12-16(19)3)25-26-22(27)30-14-21(28)24-18-8-6-17(23)7-9-18/h4-10,12H,1,11,13-14H2,2-3H3,(H,24,28). The summed E-state index contributed by atoms with van der Waals surface area (Å²) >= 11 is 1.27. The number of amides is 1. The van der Waals surface area contributed by atoms with Crippen LogP contribution < -0.4 is 10.1 Å². The van der Waals surface area contributed by atoms with Crippen molar-refractivity contribution >= 4 is 23.4 Å². The summed E-state index contributed by atoms with van der Waals surface area (Å²) in [6.45, 7) is 8.57. The Morgan fingerprint density at radius 1 is 1.23 bits per heavy atom. The highest BCUT2D eigenvalue weighted by molar-refractivity contribution is 7.99. The molecule has 0 aliphatic heterocycles. The molecule has 2 aromatic carbocycles. The quantitative estimate of drug-likeness (QED) is 0.402. The monoisotopic (exact) mass is 426 g/mol. The van der Waals surface area contributed by atoms with E-state index in [0.29, 0.717) is 23.2 Å². The molecule has 0 fully saturated rings. The summed E-state index contributed by atoms with van der Waals surface area (Å²) in [6.07, 6.45) is 1.74. The van der Waals surface area contributed by atoms with Crippen molar-refractivity contribution in [3.05, 3.63) is 77.9 Å². The number of benzene rings is 2. The first-order valence-corrected chi connectivity index (χ1v) is 10.4. The topological polar surface area (TPSA) is 69.0 Å². The van der Waals surface area contributed by atoms with Gasteiger partial charge in [0.05, 0.1) is 5.75 Å². The van der Waals surface area contributed by atoms with E-state index in [0.717, 1.165) is 11.3 Å². The summed E-state index contributed by atoms with van der Waals surface area (Å²) in [5.74, 6) is 1.02. The molecule has 0 saturated heterocycles. The number of anilines is 1. The van der Waals surface area contributed by atoms with Crippen LogP contribution in [0.1, 0.15) is 17.0 Å².